The Balaban J connectivity index is 1.61. The number of rotatable bonds is 8. The fourth-order valence-corrected chi connectivity index (χ4v) is 2.82. The number of non-ortho nitro benzene ring substituents is 2. The maximum absolute atomic E-state index is 10.9. The third-order valence-corrected chi connectivity index (χ3v) is 4.53. The number of hydrogen-bond acceptors (Lipinski definition) is 8. The van der Waals surface area contributed by atoms with E-state index < -0.39 is 9.85 Å². The van der Waals surface area contributed by atoms with Crippen LogP contribution in [-0.2, 0) is 13.1 Å². The Morgan fingerprint density at radius 1 is 0.667 bits per heavy atom. The summed E-state index contributed by atoms with van der Waals surface area (Å²) < 4.78 is 0. The van der Waals surface area contributed by atoms with Crippen molar-refractivity contribution in [3.63, 3.8) is 0 Å². The Bertz CT molecular complexity index is 999. The van der Waals surface area contributed by atoms with E-state index in [4.69, 9.17) is 11.5 Å². The minimum atomic E-state index is -0.461. The fraction of sp³-hybridized carbons (Fsp3) is 0.100. The number of nitro groups is 2. The van der Waals surface area contributed by atoms with E-state index >= 15 is 0 Å². The van der Waals surface area contributed by atoms with E-state index in [9.17, 15) is 20.2 Å². The van der Waals surface area contributed by atoms with Crippen LogP contribution in [0.5, 0.6) is 0 Å². The molecule has 0 bridgehead atoms. The second-order valence-corrected chi connectivity index (χ2v) is 6.56. The highest BCUT2D eigenvalue weighted by Crippen LogP contribution is 2.23. The number of nitro benzene ring substituents is 2. The molecule has 3 aromatic carbocycles. The standard InChI is InChI=1S/C20H20N6O4/c21-19-7-5-17(25(27)28)9-13(19)11-23-15-1-2-16(4-3-15)24-12-14-10-18(26(29)30)6-8-20(14)22/h1-10,23-24H,11-12,21-22H2. The highest BCUT2D eigenvalue weighted by Gasteiger charge is 2.10. The number of nitrogen functional groups attached to an aromatic ring is 2. The molecule has 0 aromatic heterocycles. The summed E-state index contributed by atoms with van der Waals surface area (Å²) in [5.74, 6) is 0. The minimum Gasteiger partial charge on any atom is -0.398 e. The van der Waals surface area contributed by atoms with Crippen LogP contribution in [-0.4, -0.2) is 9.85 Å². The van der Waals surface area contributed by atoms with E-state index in [1.165, 1.54) is 36.4 Å². The van der Waals surface area contributed by atoms with Gasteiger partial charge in [-0.15, -0.1) is 0 Å². The van der Waals surface area contributed by atoms with Crippen LogP contribution in [0, 0.1) is 20.2 Å². The summed E-state index contributed by atoms with van der Waals surface area (Å²) in [5.41, 5.74) is 15.6. The lowest BCUT2D eigenvalue weighted by Gasteiger charge is -2.11. The van der Waals surface area contributed by atoms with Crippen molar-refractivity contribution in [3.05, 3.63) is 92.0 Å². The SMILES string of the molecule is Nc1ccc([N+](=O)[O-])cc1CNc1ccc(NCc2cc([N+](=O)[O-])ccc2N)cc1. The zero-order valence-corrected chi connectivity index (χ0v) is 15.9. The lowest BCUT2D eigenvalue weighted by molar-refractivity contribution is -0.385. The Labute approximate surface area is 171 Å². The van der Waals surface area contributed by atoms with E-state index in [-0.39, 0.29) is 11.4 Å². The van der Waals surface area contributed by atoms with E-state index in [0.717, 1.165) is 11.4 Å². The summed E-state index contributed by atoms with van der Waals surface area (Å²) in [5, 5.41) is 28.2. The Hall–Kier alpha value is -4.34. The van der Waals surface area contributed by atoms with Gasteiger partial charge in [0.25, 0.3) is 11.4 Å². The maximum Gasteiger partial charge on any atom is 0.269 e. The Morgan fingerprint density at radius 3 is 1.37 bits per heavy atom. The van der Waals surface area contributed by atoms with Crippen LogP contribution in [0.2, 0.25) is 0 Å². The van der Waals surface area contributed by atoms with Gasteiger partial charge >= 0.3 is 0 Å². The predicted molar refractivity (Wildman–Crippen MR) is 116 cm³/mol. The number of nitrogens with one attached hydrogen (secondary N) is 2. The smallest absolute Gasteiger partial charge is 0.269 e. The molecule has 3 aromatic rings. The van der Waals surface area contributed by atoms with Gasteiger partial charge in [0.05, 0.1) is 9.85 Å². The van der Waals surface area contributed by atoms with E-state index in [2.05, 4.69) is 10.6 Å². The van der Waals surface area contributed by atoms with Crippen LogP contribution in [0.15, 0.2) is 60.7 Å². The molecule has 0 heterocycles. The first-order chi connectivity index (χ1) is 14.3. The average Bonchev–Trinajstić information content (AvgIpc) is 2.73. The number of nitrogens with zero attached hydrogens (tertiary/aromatic N) is 2. The van der Waals surface area contributed by atoms with Gasteiger partial charge in [-0.25, -0.2) is 0 Å². The highest BCUT2D eigenvalue weighted by molar-refractivity contribution is 5.58. The normalized spacial score (nSPS) is 10.4. The number of benzene rings is 3. The molecular formula is C20H20N6O4. The lowest BCUT2D eigenvalue weighted by Crippen LogP contribution is -2.05. The average molecular weight is 408 g/mol. The third-order valence-electron chi connectivity index (χ3n) is 4.53. The largest absolute Gasteiger partial charge is 0.398 e. The summed E-state index contributed by atoms with van der Waals surface area (Å²) in [6.07, 6.45) is 0. The molecule has 0 spiro atoms. The molecule has 6 N–H and O–H groups in total. The second-order valence-electron chi connectivity index (χ2n) is 6.56. The molecule has 0 unspecified atom stereocenters. The lowest BCUT2D eigenvalue weighted by atomic mass is 10.1. The van der Waals surface area contributed by atoms with Crippen molar-refractivity contribution in [2.75, 3.05) is 22.1 Å². The predicted octanol–water partition coefficient (Wildman–Crippen LogP) is 3.89. The molecule has 10 heteroatoms. The van der Waals surface area contributed by atoms with Crippen molar-refractivity contribution in [2.24, 2.45) is 0 Å². The number of nitrogens with two attached hydrogens (primary N) is 2. The van der Waals surface area contributed by atoms with E-state index in [0.29, 0.717) is 35.6 Å². The van der Waals surface area contributed by atoms with Crippen LogP contribution >= 0.6 is 0 Å². The van der Waals surface area contributed by atoms with Gasteiger partial charge in [0.2, 0.25) is 0 Å². The first-order valence-corrected chi connectivity index (χ1v) is 8.97. The molecule has 0 saturated heterocycles. The molecule has 0 saturated carbocycles. The first-order valence-electron chi connectivity index (χ1n) is 8.97. The van der Waals surface area contributed by atoms with E-state index in [1.54, 1.807) is 0 Å². The molecule has 0 aliphatic carbocycles. The van der Waals surface area contributed by atoms with Crippen molar-refractivity contribution < 1.29 is 9.85 Å². The molecule has 154 valence electrons. The molecule has 0 amide bonds. The van der Waals surface area contributed by atoms with Gasteiger partial charge < -0.3 is 22.1 Å². The Kier molecular flexibility index (Phi) is 5.97. The summed E-state index contributed by atoms with van der Waals surface area (Å²) in [4.78, 5) is 20.9. The van der Waals surface area contributed by atoms with Crippen LogP contribution < -0.4 is 22.1 Å². The van der Waals surface area contributed by atoms with Crippen molar-refractivity contribution in [1.29, 1.82) is 0 Å². The van der Waals surface area contributed by atoms with Crippen LogP contribution in [0.25, 0.3) is 0 Å². The van der Waals surface area contributed by atoms with Gasteiger partial charge in [0.1, 0.15) is 0 Å². The Morgan fingerprint density at radius 2 is 1.03 bits per heavy atom. The molecule has 0 fully saturated rings. The van der Waals surface area contributed by atoms with Crippen molar-refractivity contribution in [2.45, 2.75) is 13.1 Å². The van der Waals surface area contributed by atoms with E-state index in [1.807, 2.05) is 24.3 Å². The van der Waals surface area contributed by atoms with Gasteiger partial charge in [0, 0.05) is 71.2 Å². The summed E-state index contributed by atoms with van der Waals surface area (Å²) >= 11 is 0. The zero-order chi connectivity index (χ0) is 21.7. The van der Waals surface area contributed by atoms with Gasteiger partial charge in [0.15, 0.2) is 0 Å². The summed E-state index contributed by atoms with van der Waals surface area (Å²) in [6.45, 7) is 0.676. The summed E-state index contributed by atoms with van der Waals surface area (Å²) in [7, 11) is 0. The number of hydrogen-bond donors (Lipinski definition) is 4. The van der Waals surface area contributed by atoms with Gasteiger partial charge in [-0.1, -0.05) is 0 Å². The molecule has 3 rings (SSSR count). The van der Waals surface area contributed by atoms with Crippen LogP contribution in [0.1, 0.15) is 11.1 Å². The van der Waals surface area contributed by atoms with Gasteiger partial charge in [-0.2, -0.15) is 0 Å². The topological polar surface area (TPSA) is 162 Å². The van der Waals surface area contributed by atoms with Gasteiger partial charge in [-0.05, 0) is 36.4 Å². The monoisotopic (exact) mass is 408 g/mol. The van der Waals surface area contributed by atoms with Crippen LogP contribution in [0.3, 0.4) is 0 Å². The second kappa shape index (κ2) is 8.78. The summed E-state index contributed by atoms with van der Waals surface area (Å²) in [6, 6.07) is 16.0. The molecular weight excluding hydrogens is 388 g/mol. The number of anilines is 4. The molecule has 0 aliphatic rings. The molecule has 10 nitrogen and oxygen atoms in total. The van der Waals surface area contributed by atoms with Crippen molar-refractivity contribution in [3.8, 4) is 0 Å². The quantitative estimate of drug-likeness (QED) is 0.248. The minimum absolute atomic E-state index is 0.0130. The van der Waals surface area contributed by atoms with Crippen molar-refractivity contribution >= 4 is 34.1 Å². The molecule has 0 aliphatic heterocycles. The third kappa shape index (κ3) is 4.93. The fourth-order valence-electron chi connectivity index (χ4n) is 2.82. The van der Waals surface area contributed by atoms with Gasteiger partial charge in [-0.3, -0.25) is 20.2 Å². The first kappa shape index (κ1) is 20.4. The maximum atomic E-state index is 10.9. The van der Waals surface area contributed by atoms with Crippen molar-refractivity contribution in [1.82, 2.24) is 0 Å². The molecule has 0 radical (unpaired) electrons. The zero-order valence-electron chi connectivity index (χ0n) is 15.9. The highest BCUT2D eigenvalue weighted by atomic mass is 16.6. The molecule has 30 heavy (non-hydrogen) atoms. The van der Waals surface area contributed by atoms with Crippen LogP contribution in [0.4, 0.5) is 34.1 Å². The molecule has 0 atom stereocenters.